The summed E-state index contributed by atoms with van der Waals surface area (Å²) in [6.45, 7) is 3.45. The van der Waals surface area contributed by atoms with Crippen molar-refractivity contribution >= 4 is 27.3 Å². The highest BCUT2D eigenvalue weighted by Gasteiger charge is 2.28. The molecule has 10 heteroatoms. The summed E-state index contributed by atoms with van der Waals surface area (Å²) >= 11 is 1.50. The summed E-state index contributed by atoms with van der Waals surface area (Å²) in [5.74, 6) is 0.531. The number of benzene rings is 1. The van der Waals surface area contributed by atoms with Gasteiger partial charge in [0.25, 0.3) is 5.91 Å². The summed E-state index contributed by atoms with van der Waals surface area (Å²) in [5.41, 5.74) is 0.315. The molecule has 1 amide bonds. The molecule has 0 radical (unpaired) electrons. The third-order valence-electron chi connectivity index (χ3n) is 4.99. The zero-order valence-electron chi connectivity index (χ0n) is 16.5. The topological polar surface area (TPSA) is 96.6 Å². The Hall–Kier alpha value is -2.56. The van der Waals surface area contributed by atoms with Crippen molar-refractivity contribution in [1.29, 1.82) is 0 Å². The summed E-state index contributed by atoms with van der Waals surface area (Å²) in [6, 6.07) is 10.0. The fourth-order valence-electron chi connectivity index (χ4n) is 3.37. The molecule has 1 fully saturated rings. The molecule has 0 saturated carbocycles. The summed E-state index contributed by atoms with van der Waals surface area (Å²) in [7, 11) is -3.58. The molecule has 158 valence electrons. The van der Waals surface area contributed by atoms with Gasteiger partial charge in [-0.1, -0.05) is 17.3 Å². The van der Waals surface area contributed by atoms with Crippen molar-refractivity contribution in [3.8, 4) is 10.7 Å². The molecular weight excluding hydrogens is 424 g/mol. The molecule has 3 heterocycles. The summed E-state index contributed by atoms with van der Waals surface area (Å²) in [5, 5.41) is 5.90. The van der Waals surface area contributed by atoms with Crippen LogP contribution >= 0.6 is 11.3 Å². The van der Waals surface area contributed by atoms with Gasteiger partial charge >= 0.3 is 0 Å². The van der Waals surface area contributed by atoms with Crippen LogP contribution in [0.2, 0.25) is 0 Å². The van der Waals surface area contributed by atoms with E-state index >= 15 is 0 Å². The van der Waals surface area contributed by atoms with Crippen LogP contribution in [0.3, 0.4) is 0 Å². The Balaban J connectivity index is 1.52. The zero-order valence-corrected chi connectivity index (χ0v) is 18.2. The van der Waals surface area contributed by atoms with Gasteiger partial charge in [-0.25, -0.2) is 8.42 Å². The molecule has 0 spiro atoms. The summed E-state index contributed by atoms with van der Waals surface area (Å²) in [4.78, 5) is 20.0. The standard InChI is InChI=1S/C20H22N4O4S2/c1-2-23(14-18-21-19(22-28-18)17-9-6-12-29-17)20(25)15-7-5-8-16(13-15)30(26,27)24-10-3-4-11-24/h5-9,12-13H,2-4,10-11,14H2,1H3. The van der Waals surface area contributed by atoms with Gasteiger partial charge < -0.3 is 9.42 Å². The summed E-state index contributed by atoms with van der Waals surface area (Å²) in [6.07, 6.45) is 1.72. The quantitative estimate of drug-likeness (QED) is 0.553. The largest absolute Gasteiger partial charge is 0.337 e. The average Bonchev–Trinajstić information content (AvgIpc) is 3.53. The van der Waals surface area contributed by atoms with Crippen LogP contribution in [0.15, 0.2) is 51.2 Å². The molecule has 0 bridgehead atoms. The van der Waals surface area contributed by atoms with Crippen LogP contribution in [-0.4, -0.2) is 53.3 Å². The van der Waals surface area contributed by atoms with Crippen molar-refractivity contribution in [2.24, 2.45) is 0 Å². The zero-order chi connectivity index (χ0) is 21.1. The Kier molecular flexibility index (Phi) is 5.98. The highest BCUT2D eigenvalue weighted by Crippen LogP contribution is 2.23. The van der Waals surface area contributed by atoms with E-state index in [1.165, 1.54) is 27.8 Å². The van der Waals surface area contributed by atoms with Gasteiger partial charge in [-0.05, 0) is 49.4 Å². The van der Waals surface area contributed by atoms with Gasteiger partial charge in [-0.3, -0.25) is 4.79 Å². The molecule has 4 rings (SSSR count). The lowest BCUT2D eigenvalue weighted by Gasteiger charge is -2.20. The van der Waals surface area contributed by atoms with E-state index in [1.54, 1.807) is 17.0 Å². The molecule has 0 aliphatic carbocycles. The van der Waals surface area contributed by atoms with Crippen LogP contribution in [0.4, 0.5) is 0 Å². The van der Waals surface area contributed by atoms with Gasteiger partial charge in [-0.2, -0.15) is 9.29 Å². The number of aromatic nitrogens is 2. The fourth-order valence-corrected chi connectivity index (χ4v) is 5.58. The molecule has 1 aromatic carbocycles. The third-order valence-corrected chi connectivity index (χ3v) is 7.75. The lowest BCUT2D eigenvalue weighted by Crippen LogP contribution is -2.31. The Bertz CT molecular complexity index is 1120. The lowest BCUT2D eigenvalue weighted by atomic mass is 10.2. The molecule has 0 atom stereocenters. The van der Waals surface area contributed by atoms with Gasteiger partial charge in [0, 0.05) is 25.2 Å². The third kappa shape index (κ3) is 4.16. The minimum absolute atomic E-state index is 0.143. The molecule has 1 saturated heterocycles. The van der Waals surface area contributed by atoms with Crippen LogP contribution in [0.1, 0.15) is 36.0 Å². The van der Waals surface area contributed by atoms with Crippen LogP contribution in [0.5, 0.6) is 0 Å². The number of carbonyl (C=O) groups is 1. The Labute approximate surface area is 179 Å². The Morgan fingerprint density at radius 2 is 2.03 bits per heavy atom. The second kappa shape index (κ2) is 8.66. The number of hydrogen-bond donors (Lipinski definition) is 0. The molecule has 1 aliphatic rings. The molecule has 8 nitrogen and oxygen atoms in total. The number of nitrogens with zero attached hydrogens (tertiary/aromatic N) is 4. The molecule has 3 aromatic rings. The number of rotatable bonds is 7. The maximum Gasteiger partial charge on any atom is 0.254 e. The first kappa shape index (κ1) is 20.7. The van der Waals surface area contributed by atoms with Crippen molar-refractivity contribution in [1.82, 2.24) is 19.3 Å². The van der Waals surface area contributed by atoms with Gasteiger partial charge in [-0.15, -0.1) is 11.3 Å². The predicted molar refractivity (Wildman–Crippen MR) is 112 cm³/mol. The molecule has 0 unspecified atom stereocenters. The van der Waals surface area contributed by atoms with Crippen molar-refractivity contribution < 1.29 is 17.7 Å². The first-order valence-electron chi connectivity index (χ1n) is 9.75. The van der Waals surface area contributed by atoms with E-state index in [-0.39, 0.29) is 17.3 Å². The van der Waals surface area contributed by atoms with Crippen LogP contribution in [0, 0.1) is 0 Å². The minimum Gasteiger partial charge on any atom is -0.337 e. The van der Waals surface area contributed by atoms with Gasteiger partial charge in [0.2, 0.25) is 21.7 Å². The van der Waals surface area contributed by atoms with E-state index in [4.69, 9.17) is 4.52 Å². The highest BCUT2D eigenvalue weighted by atomic mass is 32.2. The molecule has 1 aliphatic heterocycles. The highest BCUT2D eigenvalue weighted by molar-refractivity contribution is 7.89. The van der Waals surface area contributed by atoms with Crippen LogP contribution < -0.4 is 0 Å². The van der Waals surface area contributed by atoms with E-state index < -0.39 is 10.0 Å². The first-order valence-corrected chi connectivity index (χ1v) is 12.1. The van der Waals surface area contributed by atoms with E-state index in [2.05, 4.69) is 10.1 Å². The first-order chi connectivity index (χ1) is 14.5. The Morgan fingerprint density at radius 3 is 2.73 bits per heavy atom. The normalized spacial score (nSPS) is 14.8. The van der Waals surface area contributed by atoms with Crippen molar-refractivity contribution in [2.45, 2.75) is 31.2 Å². The molecule has 0 N–H and O–H groups in total. The fraction of sp³-hybridized carbons (Fsp3) is 0.350. The lowest BCUT2D eigenvalue weighted by molar-refractivity contribution is 0.0734. The van der Waals surface area contributed by atoms with Crippen molar-refractivity contribution in [2.75, 3.05) is 19.6 Å². The molecule has 30 heavy (non-hydrogen) atoms. The van der Waals surface area contributed by atoms with E-state index in [0.717, 1.165) is 17.7 Å². The van der Waals surface area contributed by atoms with Crippen molar-refractivity contribution in [3.05, 3.63) is 53.2 Å². The number of thiophene rings is 1. The minimum atomic E-state index is -3.58. The van der Waals surface area contributed by atoms with E-state index in [1.807, 2.05) is 24.4 Å². The SMILES string of the molecule is CCN(Cc1nc(-c2cccs2)no1)C(=O)c1cccc(S(=O)(=O)N2CCCC2)c1. The van der Waals surface area contributed by atoms with Gasteiger partial charge in [0.15, 0.2) is 0 Å². The summed E-state index contributed by atoms with van der Waals surface area (Å²) < 4.78 is 32.4. The van der Waals surface area contributed by atoms with Gasteiger partial charge in [0.1, 0.15) is 6.54 Å². The second-order valence-corrected chi connectivity index (χ2v) is 9.83. The van der Waals surface area contributed by atoms with Crippen molar-refractivity contribution in [3.63, 3.8) is 0 Å². The average molecular weight is 447 g/mol. The van der Waals surface area contributed by atoms with Gasteiger partial charge in [0.05, 0.1) is 9.77 Å². The molecule has 2 aromatic heterocycles. The predicted octanol–water partition coefficient (Wildman–Crippen LogP) is 3.24. The monoisotopic (exact) mass is 446 g/mol. The Morgan fingerprint density at radius 1 is 1.23 bits per heavy atom. The smallest absolute Gasteiger partial charge is 0.254 e. The number of amides is 1. The molecular formula is C20H22N4O4S2. The number of sulfonamides is 1. The number of hydrogen-bond acceptors (Lipinski definition) is 7. The van der Waals surface area contributed by atoms with Crippen LogP contribution in [0.25, 0.3) is 10.7 Å². The van der Waals surface area contributed by atoms with E-state index in [9.17, 15) is 13.2 Å². The second-order valence-electron chi connectivity index (χ2n) is 6.95. The van der Waals surface area contributed by atoms with E-state index in [0.29, 0.717) is 36.9 Å². The maximum atomic E-state index is 13.0. The number of carbonyl (C=O) groups excluding carboxylic acids is 1. The van der Waals surface area contributed by atoms with Crippen LogP contribution in [-0.2, 0) is 16.6 Å². The maximum absolute atomic E-state index is 13.0.